The molecular weight excluding hydrogens is 386 g/mol. The number of ether oxygens (including phenoxy) is 2. The van der Waals surface area contributed by atoms with Gasteiger partial charge in [-0.2, -0.15) is 0 Å². The lowest BCUT2D eigenvalue weighted by Gasteiger charge is -2.19. The SMILES string of the molecule is CCOC(=O)c1c(C)nc(CCl)c(C(=O)OCC)c1-c1ccccc1SC. The second-order valence-corrected chi connectivity index (χ2v) is 6.66. The summed E-state index contributed by atoms with van der Waals surface area (Å²) in [5.74, 6) is -1.07. The minimum absolute atomic E-state index is 0.0204. The average Bonchev–Trinajstić information content (AvgIpc) is 2.67. The Labute approximate surface area is 168 Å². The maximum Gasteiger partial charge on any atom is 0.340 e. The molecule has 7 heteroatoms. The van der Waals surface area contributed by atoms with Crippen molar-refractivity contribution in [1.29, 1.82) is 0 Å². The van der Waals surface area contributed by atoms with E-state index in [0.717, 1.165) is 10.5 Å². The number of carbonyl (C=O) groups excluding carboxylic acids is 2. The Hall–Kier alpha value is -2.05. The predicted molar refractivity (Wildman–Crippen MR) is 108 cm³/mol. The molecule has 0 atom stereocenters. The maximum absolute atomic E-state index is 12.8. The summed E-state index contributed by atoms with van der Waals surface area (Å²) in [5.41, 5.74) is 2.51. The first kappa shape index (κ1) is 21.3. The normalized spacial score (nSPS) is 10.6. The van der Waals surface area contributed by atoms with E-state index in [1.807, 2.05) is 30.5 Å². The number of rotatable bonds is 7. The summed E-state index contributed by atoms with van der Waals surface area (Å²) in [4.78, 5) is 30.8. The molecule has 0 aliphatic rings. The van der Waals surface area contributed by atoms with E-state index in [4.69, 9.17) is 21.1 Å². The number of pyridine rings is 1. The van der Waals surface area contributed by atoms with Gasteiger partial charge in [-0.05, 0) is 38.7 Å². The standard InChI is InChI=1S/C20H22ClNO4S/c1-5-25-19(23)16-12(3)22-14(11-21)18(20(24)26-6-2)17(16)13-9-7-8-10-15(13)27-4/h7-10H,5-6,11H2,1-4H3. The van der Waals surface area contributed by atoms with Gasteiger partial charge < -0.3 is 9.47 Å². The van der Waals surface area contributed by atoms with Gasteiger partial charge in [-0.1, -0.05) is 18.2 Å². The van der Waals surface area contributed by atoms with E-state index < -0.39 is 11.9 Å². The number of aromatic nitrogens is 1. The monoisotopic (exact) mass is 407 g/mol. The summed E-state index contributed by atoms with van der Waals surface area (Å²) >= 11 is 7.60. The van der Waals surface area contributed by atoms with Crippen LogP contribution in [0.2, 0.25) is 0 Å². The number of carbonyl (C=O) groups is 2. The van der Waals surface area contributed by atoms with Crippen molar-refractivity contribution < 1.29 is 19.1 Å². The summed E-state index contributed by atoms with van der Waals surface area (Å²) in [6.07, 6.45) is 1.93. The van der Waals surface area contributed by atoms with Gasteiger partial charge in [0.2, 0.25) is 0 Å². The number of hydrogen-bond donors (Lipinski definition) is 0. The van der Waals surface area contributed by atoms with Gasteiger partial charge in [0, 0.05) is 10.5 Å². The number of hydrogen-bond acceptors (Lipinski definition) is 6. The molecule has 0 unspecified atom stereocenters. The van der Waals surface area contributed by atoms with Crippen molar-refractivity contribution in [2.45, 2.75) is 31.5 Å². The van der Waals surface area contributed by atoms with Gasteiger partial charge in [0.05, 0.1) is 41.6 Å². The molecule has 0 saturated carbocycles. The van der Waals surface area contributed by atoms with Gasteiger partial charge in [-0.15, -0.1) is 23.4 Å². The highest BCUT2D eigenvalue weighted by Gasteiger charge is 2.29. The Morgan fingerprint density at radius 1 is 1.07 bits per heavy atom. The van der Waals surface area contributed by atoms with Crippen molar-refractivity contribution >= 4 is 35.3 Å². The van der Waals surface area contributed by atoms with Crippen LogP contribution in [0.15, 0.2) is 29.2 Å². The van der Waals surface area contributed by atoms with Gasteiger partial charge in [-0.3, -0.25) is 4.98 Å². The van der Waals surface area contributed by atoms with E-state index >= 15 is 0 Å². The van der Waals surface area contributed by atoms with Crippen molar-refractivity contribution in [3.8, 4) is 11.1 Å². The molecule has 0 bridgehead atoms. The van der Waals surface area contributed by atoms with Gasteiger partial charge in [0.15, 0.2) is 0 Å². The lowest BCUT2D eigenvalue weighted by atomic mass is 9.92. The number of benzene rings is 1. The van der Waals surface area contributed by atoms with Gasteiger partial charge in [0.25, 0.3) is 0 Å². The number of esters is 2. The number of nitrogens with zero attached hydrogens (tertiary/aromatic N) is 1. The van der Waals surface area contributed by atoms with Crippen LogP contribution in [0.25, 0.3) is 11.1 Å². The molecule has 5 nitrogen and oxygen atoms in total. The third-order valence-electron chi connectivity index (χ3n) is 3.92. The van der Waals surface area contributed by atoms with Crippen LogP contribution >= 0.6 is 23.4 Å². The lowest BCUT2D eigenvalue weighted by Crippen LogP contribution is -2.18. The van der Waals surface area contributed by atoms with E-state index in [1.54, 1.807) is 20.8 Å². The smallest absolute Gasteiger partial charge is 0.340 e. The van der Waals surface area contributed by atoms with Crippen molar-refractivity contribution in [2.75, 3.05) is 19.5 Å². The maximum atomic E-state index is 12.8. The van der Waals surface area contributed by atoms with Gasteiger partial charge in [-0.25, -0.2) is 9.59 Å². The highest BCUT2D eigenvalue weighted by molar-refractivity contribution is 7.98. The molecule has 0 fully saturated rings. The number of aryl methyl sites for hydroxylation is 1. The summed E-state index contributed by atoms with van der Waals surface area (Å²) in [6, 6.07) is 7.55. The van der Waals surface area contributed by atoms with Crippen LogP contribution in [0, 0.1) is 6.92 Å². The molecule has 2 rings (SSSR count). The van der Waals surface area contributed by atoms with Crippen molar-refractivity contribution in [1.82, 2.24) is 4.98 Å². The quantitative estimate of drug-likeness (QED) is 0.370. The molecule has 0 radical (unpaired) electrons. The van der Waals surface area contributed by atoms with Crippen LogP contribution < -0.4 is 0 Å². The zero-order valence-electron chi connectivity index (χ0n) is 15.8. The van der Waals surface area contributed by atoms with Crippen LogP contribution in [-0.2, 0) is 15.4 Å². The largest absolute Gasteiger partial charge is 0.462 e. The molecule has 27 heavy (non-hydrogen) atoms. The summed E-state index contributed by atoms with van der Waals surface area (Å²) in [6.45, 7) is 5.58. The van der Waals surface area contributed by atoms with Crippen molar-refractivity contribution in [3.63, 3.8) is 0 Å². The average molecular weight is 408 g/mol. The Kier molecular flexibility index (Phi) is 7.68. The van der Waals surface area contributed by atoms with Crippen LogP contribution in [0.3, 0.4) is 0 Å². The highest BCUT2D eigenvalue weighted by atomic mass is 35.5. The minimum Gasteiger partial charge on any atom is -0.462 e. The number of halogens is 1. The van der Waals surface area contributed by atoms with Crippen LogP contribution in [0.5, 0.6) is 0 Å². The van der Waals surface area contributed by atoms with E-state index in [0.29, 0.717) is 17.0 Å². The molecule has 0 aliphatic carbocycles. The molecule has 144 valence electrons. The zero-order chi connectivity index (χ0) is 20.0. The first-order chi connectivity index (χ1) is 13.0. The van der Waals surface area contributed by atoms with Gasteiger partial charge >= 0.3 is 11.9 Å². The molecular formula is C20H22ClNO4S. The Bertz CT molecular complexity index is 854. The van der Waals surface area contributed by atoms with Crippen molar-refractivity contribution in [2.24, 2.45) is 0 Å². The fourth-order valence-electron chi connectivity index (χ4n) is 2.86. The topological polar surface area (TPSA) is 65.5 Å². The molecule has 1 aromatic heterocycles. The first-order valence-corrected chi connectivity index (χ1v) is 10.3. The highest BCUT2D eigenvalue weighted by Crippen LogP contribution is 2.38. The summed E-state index contributed by atoms with van der Waals surface area (Å²) in [5, 5.41) is 0. The molecule has 1 aromatic carbocycles. The molecule has 2 aromatic rings. The first-order valence-electron chi connectivity index (χ1n) is 8.57. The molecule has 0 spiro atoms. The third kappa shape index (κ3) is 4.45. The van der Waals surface area contributed by atoms with E-state index in [2.05, 4.69) is 4.98 Å². The molecule has 0 N–H and O–H groups in total. The van der Waals surface area contributed by atoms with Gasteiger partial charge in [0.1, 0.15) is 0 Å². The number of thioether (sulfide) groups is 1. The Morgan fingerprint density at radius 2 is 1.67 bits per heavy atom. The Balaban J connectivity index is 2.95. The van der Waals surface area contributed by atoms with E-state index in [-0.39, 0.29) is 30.2 Å². The summed E-state index contributed by atoms with van der Waals surface area (Å²) < 4.78 is 10.5. The predicted octanol–water partition coefficient (Wildman–Crippen LogP) is 4.87. The fourth-order valence-corrected chi connectivity index (χ4v) is 3.66. The van der Waals surface area contributed by atoms with E-state index in [9.17, 15) is 9.59 Å². The van der Waals surface area contributed by atoms with Crippen molar-refractivity contribution in [3.05, 3.63) is 46.8 Å². The second kappa shape index (κ2) is 9.76. The minimum atomic E-state index is -0.558. The lowest BCUT2D eigenvalue weighted by molar-refractivity contribution is 0.0525. The number of alkyl halides is 1. The molecule has 0 saturated heterocycles. The van der Waals surface area contributed by atoms with Crippen LogP contribution in [-0.4, -0.2) is 36.4 Å². The third-order valence-corrected chi connectivity index (χ3v) is 4.96. The van der Waals surface area contributed by atoms with E-state index in [1.165, 1.54) is 11.8 Å². The Morgan fingerprint density at radius 3 is 2.22 bits per heavy atom. The summed E-state index contributed by atoms with van der Waals surface area (Å²) in [7, 11) is 0. The molecule has 1 heterocycles. The van der Waals surface area contributed by atoms with Crippen LogP contribution in [0.1, 0.15) is 46.0 Å². The molecule has 0 aliphatic heterocycles. The zero-order valence-corrected chi connectivity index (χ0v) is 17.4. The molecule has 0 amide bonds. The second-order valence-electron chi connectivity index (χ2n) is 5.54. The fraction of sp³-hybridized carbons (Fsp3) is 0.350. The van der Waals surface area contributed by atoms with Crippen LogP contribution in [0.4, 0.5) is 0 Å².